The van der Waals surface area contributed by atoms with Crippen LogP contribution < -0.4 is 19.9 Å². The van der Waals surface area contributed by atoms with Crippen LogP contribution in [-0.2, 0) is 13.2 Å². The average Bonchev–Trinajstić information content (AvgIpc) is 2.53. The Morgan fingerprint density at radius 3 is 2.38 bits per heavy atom. The molecule has 0 unspecified atom stereocenters. The summed E-state index contributed by atoms with van der Waals surface area (Å²) in [5, 5.41) is 0. The van der Waals surface area contributed by atoms with Gasteiger partial charge in [0.1, 0.15) is 12.4 Å². The van der Waals surface area contributed by atoms with Gasteiger partial charge in [-0.15, -0.1) is 0 Å². The topological polar surface area (TPSA) is 53.7 Å². The summed E-state index contributed by atoms with van der Waals surface area (Å²) in [5.74, 6) is 2.24. The molecule has 0 aliphatic rings. The van der Waals surface area contributed by atoms with Crippen molar-refractivity contribution in [3.8, 4) is 17.2 Å². The molecule has 0 aromatic heterocycles. The Bertz CT molecular complexity index is 611. The Hall–Kier alpha value is -2.20. The molecule has 0 fully saturated rings. The Morgan fingerprint density at radius 2 is 1.71 bits per heavy atom. The van der Waals surface area contributed by atoms with Gasteiger partial charge in [0.25, 0.3) is 0 Å². The molecule has 0 atom stereocenters. The van der Waals surface area contributed by atoms with Gasteiger partial charge < -0.3 is 19.9 Å². The molecule has 4 nitrogen and oxygen atoms in total. The third-order valence-electron chi connectivity index (χ3n) is 3.37. The highest BCUT2D eigenvalue weighted by atomic mass is 16.5. The first-order chi connectivity index (χ1) is 10.2. The standard InChI is InChI=1S/C17H21NO3/c1-12-7-16(19-2)17(20-3)9-14(12)11-21-15-6-4-5-13(8-15)10-18/h4-9H,10-11,18H2,1-3H3. The molecule has 0 saturated heterocycles. The monoisotopic (exact) mass is 287 g/mol. The molecule has 21 heavy (non-hydrogen) atoms. The van der Waals surface area contributed by atoms with E-state index >= 15 is 0 Å². The predicted molar refractivity (Wildman–Crippen MR) is 82.9 cm³/mol. The van der Waals surface area contributed by atoms with Gasteiger partial charge in [-0.3, -0.25) is 0 Å². The Labute approximate surface area is 125 Å². The van der Waals surface area contributed by atoms with Crippen LogP contribution >= 0.6 is 0 Å². The molecule has 2 aromatic carbocycles. The van der Waals surface area contributed by atoms with Gasteiger partial charge in [-0.1, -0.05) is 12.1 Å². The first-order valence-corrected chi connectivity index (χ1v) is 6.81. The van der Waals surface area contributed by atoms with Crippen LogP contribution in [0.5, 0.6) is 17.2 Å². The van der Waals surface area contributed by atoms with Crippen LogP contribution in [0.1, 0.15) is 16.7 Å². The second kappa shape index (κ2) is 6.99. The molecule has 0 aliphatic heterocycles. The van der Waals surface area contributed by atoms with Crippen LogP contribution in [0.25, 0.3) is 0 Å². The molecule has 2 N–H and O–H groups in total. The van der Waals surface area contributed by atoms with Gasteiger partial charge in [0.2, 0.25) is 0 Å². The van der Waals surface area contributed by atoms with Crippen molar-refractivity contribution in [1.82, 2.24) is 0 Å². The van der Waals surface area contributed by atoms with Gasteiger partial charge in [-0.05, 0) is 47.9 Å². The van der Waals surface area contributed by atoms with E-state index in [1.165, 1.54) is 0 Å². The molecular formula is C17H21NO3. The lowest BCUT2D eigenvalue weighted by atomic mass is 10.1. The summed E-state index contributed by atoms with van der Waals surface area (Å²) < 4.78 is 16.4. The van der Waals surface area contributed by atoms with Gasteiger partial charge in [0.05, 0.1) is 14.2 Å². The van der Waals surface area contributed by atoms with Crippen molar-refractivity contribution in [2.75, 3.05) is 14.2 Å². The average molecular weight is 287 g/mol. The van der Waals surface area contributed by atoms with E-state index < -0.39 is 0 Å². The number of ether oxygens (including phenoxy) is 3. The normalized spacial score (nSPS) is 10.3. The maximum absolute atomic E-state index is 5.84. The quantitative estimate of drug-likeness (QED) is 0.887. The van der Waals surface area contributed by atoms with Crippen LogP contribution in [0, 0.1) is 6.92 Å². The van der Waals surface area contributed by atoms with E-state index in [1.54, 1.807) is 14.2 Å². The Morgan fingerprint density at radius 1 is 1.00 bits per heavy atom. The molecule has 112 valence electrons. The minimum absolute atomic E-state index is 0.472. The van der Waals surface area contributed by atoms with Crippen LogP contribution in [-0.4, -0.2) is 14.2 Å². The van der Waals surface area contributed by atoms with Crippen molar-refractivity contribution in [3.05, 3.63) is 53.1 Å². The number of hydrogen-bond donors (Lipinski definition) is 1. The number of aryl methyl sites for hydroxylation is 1. The molecule has 0 amide bonds. The second-order valence-corrected chi connectivity index (χ2v) is 4.77. The molecule has 4 heteroatoms. The Balaban J connectivity index is 2.15. The first-order valence-electron chi connectivity index (χ1n) is 6.81. The zero-order chi connectivity index (χ0) is 15.2. The van der Waals surface area contributed by atoms with Gasteiger partial charge in [-0.2, -0.15) is 0 Å². The maximum atomic E-state index is 5.84. The molecular weight excluding hydrogens is 266 g/mol. The summed E-state index contributed by atoms with van der Waals surface area (Å²) >= 11 is 0. The zero-order valence-electron chi connectivity index (χ0n) is 12.7. The molecule has 0 aliphatic carbocycles. The molecule has 0 saturated carbocycles. The third-order valence-corrected chi connectivity index (χ3v) is 3.37. The van der Waals surface area contributed by atoms with Crippen molar-refractivity contribution in [2.24, 2.45) is 5.73 Å². The summed E-state index contributed by atoms with van der Waals surface area (Å²) in [4.78, 5) is 0. The maximum Gasteiger partial charge on any atom is 0.161 e. The van der Waals surface area contributed by atoms with E-state index in [4.69, 9.17) is 19.9 Å². The van der Waals surface area contributed by atoms with Crippen molar-refractivity contribution in [3.63, 3.8) is 0 Å². The molecule has 0 spiro atoms. The zero-order valence-corrected chi connectivity index (χ0v) is 12.7. The predicted octanol–water partition coefficient (Wildman–Crippen LogP) is 3.05. The summed E-state index contributed by atoms with van der Waals surface area (Å²) in [7, 11) is 3.26. The second-order valence-electron chi connectivity index (χ2n) is 4.77. The number of nitrogens with two attached hydrogens (primary N) is 1. The lowest BCUT2D eigenvalue weighted by Crippen LogP contribution is -2.01. The van der Waals surface area contributed by atoms with Crippen molar-refractivity contribution in [1.29, 1.82) is 0 Å². The fraction of sp³-hybridized carbons (Fsp3) is 0.294. The van der Waals surface area contributed by atoms with Gasteiger partial charge in [0.15, 0.2) is 11.5 Å². The first kappa shape index (κ1) is 15.2. The van der Waals surface area contributed by atoms with Crippen LogP contribution in [0.15, 0.2) is 36.4 Å². The number of hydrogen-bond acceptors (Lipinski definition) is 4. The van der Waals surface area contributed by atoms with Crippen LogP contribution in [0.3, 0.4) is 0 Å². The van der Waals surface area contributed by atoms with E-state index in [1.807, 2.05) is 43.3 Å². The molecule has 0 bridgehead atoms. The fourth-order valence-corrected chi connectivity index (χ4v) is 2.10. The SMILES string of the molecule is COc1cc(C)c(COc2cccc(CN)c2)cc1OC. The van der Waals surface area contributed by atoms with Crippen molar-refractivity contribution in [2.45, 2.75) is 20.1 Å². The van der Waals surface area contributed by atoms with Crippen molar-refractivity contribution >= 4 is 0 Å². The fourth-order valence-electron chi connectivity index (χ4n) is 2.10. The minimum Gasteiger partial charge on any atom is -0.493 e. The number of benzene rings is 2. The van der Waals surface area contributed by atoms with E-state index in [9.17, 15) is 0 Å². The highest BCUT2D eigenvalue weighted by Gasteiger charge is 2.09. The van der Waals surface area contributed by atoms with E-state index in [-0.39, 0.29) is 0 Å². The summed E-state index contributed by atoms with van der Waals surface area (Å²) in [5.41, 5.74) is 8.85. The van der Waals surface area contributed by atoms with Crippen LogP contribution in [0.2, 0.25) is 0 Å². The van der Waals surface area contributed by atoms with Gasteiger partial charge >= 0.3 is 0 Å². The molecule has 2 aromatic rings. The van der Waals surface area contributed by atoms with Crippen LogP contribution in [0.4, 0.5) is 0 Å². The molecule has 0 heterocycles. The lowest BCUT2D eigenvalue weighted by Gasteiger charge is -2.14. The van der Waals surface area contributed by atoms with E-state index in [0.29, 0.717) is 18.9 Å². The lowest BCUT2D eigenvalue weighted by molar-refractivity contribution is 0.302. The molecule has 2 rings (SSSR count). The summed E-state index contributed by atoms with van der Waals surface area (Å²) in [6.07, 6.45) is 0. The van der Waals surface area contributed by atoms with Crippen molar-refractivity contribution < 1.29 is 14.2 Å². The minimum atomic E-state index is 0.472. The summed E-state index contributed by atoms with van der Waals surface area (Å²) in [6.45, 7) is 3.00. The highest BCUT2D eigenvalue weighted by Crippen LogP contribution is 2.30. The summed E-state index contributed by atoms with van der Waals surface area (Å²) in [6, 6.07) is 11.7. The van der Waals surface area contributed by atoms with E-state index in [2.05, 4.69) is 0 Å². The van der Waals surface area contributed by atoms with E-state index in [0.717, 1.165) is 28.2 Å². The van der Waals surface area contributed by atoms with Gasteiger partial charge in [0, 0.05) is 6.54 Å². The third kappa shape index (κ3) is 3.67. The van der Waals surface area contributed by atoms with Gasteiger partial charge in [-0.25, -0.2) is 0 Å². The molecule has 0 radical (unpaired) electrons. The number of methoxy groups -OCH3 is 2. The Kier molecular flexibility index (Phi) is 5.06. The largest absolute Gasteiger partial charge is 0.493 e. The number of rotatable bonds is 6. The highest BCUT2D eigenvalue weighted by molar-refractivity contribution is 5.47. The smallest absolute Gasteiger partial charge is 0.161 e.